The molecule has 1 unspecified atom stereocenters. The van der Waals surface area contributed by atoms with Gasteiger partial charge in [0.15, 0.2) is 0 Å². The molecule has 1 aliphatic carbocycles. The van der Waals surface area contributed by atoms with Gasteiger partial charge in [0.25, 0.3) is 0 Å². The van der Waals surface area contributed by atoms with Gasteiger partial charge < -0.3 is 4.90 Å². The molecule has 0 spiro atoms. The number of hydrogen-bond donors (Lipinski definition) is 0. The average molecular weight is 235 g/mol. The Morgan fingerprint density at radius 1 is 1.35 bits per heavy atom. The van der Waals surface area contributed by atoms with Crippen LogP contribution in [-0.2, 0) is 12.8 Å². The van der Waals surface area contributed by atoms with Gasteiger partial charge in [0.1, 0.15) is 11.6 Å². The van der Waals surface area contributed by atoms with Crippen LogP contribution in [0.5, 0.6) is 0 Å². The SMILES string of the molecule is Cc1nc2c(c(N3CCC(CF)C3)n1)CCC2. The molecule has 0 bridgehead atoms. The van der Waals surface area contributed by atoms with E-state index in [2.05, 4.69) is 14.9 Å². The van der Waals surface area contributed by atoms with Crippen molar-refractivity contribution in [2.45, 2.75) is 32.6 Å². The number of aryl methyl sites for hydroxylation is 2. The third-order valence-corrected chi connectivity index (χ3v) is 3.83. The zero-order chi connectivity index (χ0) is 11.8. The fraction of sp³-hybridized carbons (Fsp3) is 0.692. The van der Waals surface area contributed by atoms with E-state index in [1.165, 1.54) is 17.7 Å². The van der Waals surface area contributed by atoms with Crippen LogP contribution >= 0.6 is 0 Å². The van der Waals surface area contributed by atoms with Crippen LogP contribution in [0.4, 0.5) is 10.2 Å². The van der Waals surface area contributed by atoms with E-state index in [1.807, 2.05) is 6.92 Å². The molecule has 17 heavy (non-hydrogen) atoms. The zero-order valence-electron chi connectivity index (χ0n) is 10.2. The molecule has 92 valence electrons. The minimum atomic E-state index is -0.206. The first-order valence-electron chi connectivity index (χ1n) is 6.45. The molecule has 1 saturated heterocycles. The molecular formula is C13H18FN3. The van der Waals surface area contributed by atoms with Crippen LogP contribution in [0.2, 0.25) is 0 Å². The van der Waals surface area contributed by atoms with Gasteiger partial charge in [0, 0.05) is 30.3 Å². The molecule has 1 fully saturated rings. The van der Waals surface area contributed by atoms with Gasteiger partial charge >= 0.3 is 0 Å². The first-order chi connectivity index (χ1) is 8.28. The first kappa shape index (κ1) is 10.9. The van der Waals surface area contributed by atoms with Crippen molar-refractivity contribution in [1.29, 1.82) is 0 Å². The molecule has 1 aromatic heterocycles. The summed E-state index contributed by atoms with van der Waals surface area (Å²) in [5, 5.41) is 0. The van der Waals surface area contributed by atoms with Crippen LogP contribution in [0.15, 0.2) is 0 Å². The second-order valence-electron chi connectivity index (χ2n) is 5.13. The van der Waals surface area contributed by atoms with E-state index in [4.69, 9.17) is 0 Å². The predicted octanol–water partition coefficient (Wildman–Crippen LogP) is 2.07. The topological polar surface area (TPSA) is 29.0 Å². The van der Waals surface area contributed by atoms with E-state index >= 15 is 0 Å². The van der Waals surface area contributed by atoms with Crippen LogP contribution in [0.3, 0.4) is 0 Å². The number of anilines is 1. The second-order valence-corrected chi connectivity index (χ2v) is 5.13. The van der Waals surface area contributed by atoms with Crippen molar-refractivity contribution in [2.24, 2.45) is 5.92 Å². The maximum atomic E-state index is 12.7. The van der Waals surface area contributed by atoms with E-state index in [9.17, 15) is 4.39 Å². The zero-order valence-corrected chi connectivity index (χ0v) is 10.2. The Morgan fingerprint density at radius 3 is 3.00 bits per heavy atom. The summed E-state index contributed by atoms with van der Waals surface area (Å²) in [6, 6.07) is 0. The minimum Gasteiger partial charge on any atom is -0.356 e. The van der Waals surface area contributed by atoms with Crippen molar-refractivity contribution >= 4 is 5.82 Å². The highest BCUT2D eigenvalue weighted by atomic mass is 19.1. The summed E-state index contributed by atoms with van der Waals surface area (Å²) >= 11 is 0. The Morgan fingerprint density at radius 2 is 2.24 bits per heavy atom. The highest BCUT2D eigenvalue weighted by molar-refractivity contribution is 5.51. The molecule has 2 heterocycles. The molecule has 2 aliphatic rings. The second kappa shape index (κ2) is 4.24. The van der Waals surface area contributed by atoms with Gasteiger partial charge in [-0.25, -0.2) is 9.97 Å². The molecule has 0 aromatic carbocycles. The summed E-state index contributed by atoms with van der Waals surface area (Å²) in [5.41, 5.74) is 2.53. The Balaban J connectivity index is 1.93. The molecule has 0 radical (unpaired) electrons. The van der Waals surface area contributed by atoms with Crippen molar-refractivity contribution in [3.63, 3.8) is 0 Å². The van der Waals surface area contributed by atoms with Crippen LogP contribution in [0.25, 0.3) is 0 Å². The number of rotatable bonds is 2. The smallest absolute Gasteiger partial charge is 0.135 e. The molecule has 0 N–H and O–H groups in total. The summed E-state index contributed by atoms with van der Waals surface area (Å²) in [6.07, 6.45) is 4.29. The van der Waals surface area contributed by atoms with Crippen molar-refractivity contribution in [3.8, 4) is 0 Å². The van der Waals surface area contributed by atoms with Gasteiger partial charge in [0.05, 0.1) is 6.67 Å². The van der Waals surface area contributed by atoms with Crippen molar-refractivity contribution in [3.05, 3.63) is 17.1 Å². The van der Waals surface area contributed by atoms with E-state index in [-0.39, 0.29) is 12.6 Å². The quantitative estimate of drug-likeness (QED) is 0.785. The number of nitrogens with zero attached hydrogens (tertiary/aromatic N) is 3. The number of fused-ring (bicyclic) bond motifs is 1. The number of alkyl halides is 1. The Bertz CT molecular complexity index is 433. The number of hydrogen-bond acceptors (Lipinski definition) is 3. The summed E-state index contributed by atoms with van der Waals surface area (Å²) < 4.78 is 12.7. The standard InChI is InChI=1S/C13H18FN3/c1-9-15-12-4-2-3-11(12)13(16-9)17-6-5-10(7-14)8-17/h10H,2-8H2,1H3. The third kappa shape index (κ3) is 1.90. The molecule has 0 amide bonds. The molecule has 1 atom stereocenters. The van der Waals surface area contributed by atoms with Crippen molar-refractivity contribution in [2.75, 3.05) is 24.7 Å². The van der Waals surface area contributed by atoms with E-state index in [0.29, 0.717) is 0 Å². The fourth-order valence-electron chi connectivity index (χ4n) is 2.95. The average Bonchev–Trinajstić information content (AvgIpc) is 2.95. The lowest BCUT2D eigenvalue weighted by Crippen LogP contribution is -2.23. The largest absolute Gasteiger partial charge is 0.356 e. The van der Waals surface area contributed by atoms with Gasteiger partial charge in [-0.2, -0.15) is 0 Å². The molecule has 3 nitrogen and oxygen atoms in total. The number of aromatic nitrogens is 2. The lowest BCUT2D eigenvalue weighted by atomic mass is 10.1. The molecule has 3 rings (SSSR count). The first-order valence-corrected chi connectivity index (χ1v) is 6.45. The maximum absolute atomic E-state index is 12.7. The Kier molecular flexibility index (Phi) is 2.73. The number of halogens is 1. The monoisotopic (exact) mass is 235 g/mol. The highest BCUT2D eigenvalue weighted by Crippen LogP contribution is 2.31. The summed E-state index contributed by atoms with van der Waals surface area (Å²) in [7, 11) is 0. The fourth-order valence-corrected chi connectivity index (χ4v) is 2.95. The van der Waals surface area contributed by atoms with Gasteiger partial charge in [-0.3, -0.25) is 4.39 Å². The van der Waals surface area contributed by atoms with E-state index in [1.54, 1.807) is 0 Å². The van der Waals surface area contributed by atoms with Gasteiger partial charge in [-0.15, -0.1) is 0 Å². The van der Waals surface area contributed by atoms with Crippen LogP contribution in [-0.4, -0.2) is 29.7 Å². The van der Waals surface area contributed by atoms with Gasteiger partial charge in [0.2, 0.25) is 0 Å². The van der Waals surface area contributed by atoms with Gasteiger partial charge in [-0.1, -0.05) is 0 Å². The lowest BCUT2D eigenvalue weighted by molar-refractivity contribution is 0.384. The van der Waals surface area contributed by atoms with Crippen molar-refractivity contribution in [1.82, 2.24) is 9.97 Å². The van der Waals surface area contributed by atoms with E-state index < -0.39 is 0 Å². The molecule has 4 heteroatoms. The summed E-state index contributed by atoms with van der Waals surface area (Å²) in [6.45, 7) is 3.50. The highest BCUT2D eigenvalue weighted by Gasteiger charge is 2.28. The Hall–Kier alpha value is -1.19. The predicted molar refractivity (Wildman–Crippen MR) is 65.1 cm³/mol. The normalized spacial score (nSPS) is 23.2. The van der Waals surface area contributed by atoms with Crippen molar-refractivity contribution < 1.29 is 4.39 Å². The molecule has 1 aromatic rings. The minimum absolute atomic E-state index is 0.197. The third-order valence-electron chi connectivity index (χ3n) is 3.83. The maximum Gasteiger partial charge on any atom is 0.135 e. The summed E-state index contributed by atoms with van der Waals surface area (Å²) in [5.74, 6) is 2.13. The van der Waals surface area contributed by atoms with Gasteiger partial charge in [-0.05, 0) is 32.6 Å². The van der Waals surface area contributed by atoms with Crippen LogP contribution < -0.4 is 4.90 Å². The summed E-state index contributed by atoms with van der Waals surface area (Å²) in [4.78, 5) is 11.4. The molecule has 1 aliphatic heterocycles. The van der Waals surface area contributed by atoms with Crippen LogP contribution in [0, 0.1) is 12.8 Å². The van der Waals surface area contributed by atoms with Crippen LogP contribution in [0.1, 0.15) is 29.9 Å². The lowest BCUT2D eigenvalue weighted by Gasteiger charge is -2.20. The van der Waals surface area contributed by atoms with E-state index in [0.717, 1.165) is 44.0 Å². The molecular weight excluding hydrogens is 217 g/mol. The Labute approximate surface area is 101 Å². The molecule has 0 saturated carbocycles.